The van der Waals surface area contributed by atoms with Crippen molar-refractivity contribution >= 4 is 11.7 Å². The highest BCUT2D eigenvalue weighted by Crippen LogP contribution is 2.28. The van der Waals surface area contributed by atoms with Gasteiger partial charge in [0.25, 0.3) is 0 Å². The number of amides is 1. The van der Waals surface area contributed by atoms with Gasteiger partial charge >= 0.3 is 6.09 Å². The fourth-order valence-corrected chi connectivity index (χ4v) is 4.60. The smallest absolute Gasteiger partial charge is 0.410 e. The second-order valence-electron chi connectivity index (χ2n) is 9.33. The molecule has 0 saturated heterocycles. The molecule has 0 unspecified atom stereocenters. The van der Waals surface area contributed by atoms with Crippen molar-refractivity contribution in [2.45, 2.75) is 97.3 Å². The van der Waals surface area contributed by atoms with Crippen LogP contribution < -0.4 is 0 Å². The topological polar surface area (TPSA) is 51.9 Å². The summed E-state index contributed by atoms with van der Waals surface area (Å²) in [7, 11) is 1.84. The quantitative estimate of drug-likeness (QED) is 0.313. The van der Waals surface area contributed by atoms with Crippen molar-refractivity contribution in [1.29, 1.82) is 0 Å². The largest absolute Gasteiger partial charge is 0.490 e. The Morgan fingerprint density at radius 3 is 2.44 bits per heavy atom. The van der Waals surface area contributed by atoms with Gasteiger partial charge in [-0.3, -0.25) is 0 Å². The third kappa shape index (κ3) is 6.30. The minimum absolute atomic E-state index is 0.203. The maximum atomic E-state index is 12.5. The summed E-state index contributed by atoms with van der Waals surface area (Å²) in [6.07, 6.45) is 16.2. The molecule has 0 aliphatic heterocycles. The van der Waals surface area contributed by atoms with Gasteiger partial charge in [0.15, 0.2) is 0 Å². The molecule has 1 aromatic heterocycles. The van der Waals surface area contributed by atoms with Crippen molar-refractivity contribution in [3.63, 3.8) is 0 Å². The average molecular weight is 442 g/mol. The molecule has 1 aromatic rings. The number of hydrogen-bond acceptors (Lipinski definition) is 4. The first-order chi connectivity index (χ1) is 15.4. The van der Waals surface area contributed by atoms with E-state index in [1.807, 2.05) is 40.0 Å². The molecule has 2 saturated carbocycles. The van der Waals surface area contributed by atoms with Gasteiger partial charge < -0.3 is 18.8 Å². The van der Waals surface area contributed by atoms with Gasteiger partial charge in [0.05, 0.1) is 12.4 Å². The molecule has 2 fully saturated rings. The molecule has 0 atom stereocenters. The van der Waals surface area contributed by atoms with E-state index in [1.54, 1.807) is 11.2 Å². The predicted octanol–water partition coefficient (Wildman–Crippen LogP) is 7.31. The maximum Gasteiger partial charge on any atom is 0.410 e. The van der Waals surface area contributed by atoms with Crippen LogP contribution in [-0.4, -0.2) is 30.2 Å². The summed E-state index contributed by atoms with van der Waals surface area (Å²) in [5.41, 5.74) is 3.81. The van der Waals surface area contributed by atoms with E-state index >= 15 is 0 Å². The summed E-state index contributed by atoms with van der Waals surface area (Å²) in [4.78, 5) is 14.3. The van der Waals surface area contributed by atoms with Gasteiger partial charge in [0, 0.05) is 24.2 Å². The molecule has 1 heterocycles. The summed E-state index contributed by atoms with van der Waals surface area (Å²) in [6, 6.07) is 0.295. The average Bonchev–Trinajstić information content (AvgIpc) is 3.45. The van der Waals surface area contributed by atoms with Gasteiger partial charge in [0.1, 0.15) is 18.1 Å². The zero-order valence-electron chi connectivity index (χ0n) is 20.2. The van der Waals surface area contributed by atoms with E-state index in [0.717, 1.165) is 59.5 Å². The van der Waals surface area contributed by atoms with Crippen molar-refractivity contribution in [3.8, 4) is 0 Å². The summed E-state index contributed by atoms with van der Waals surface area (Å²) in [5.74, 6) is 1.61. The molecule has 3 rings (SSSR count). The molecule has 0 aromatic carbocycles. The molecule has 5 heteroatoms. The second-order valence-corrected chi connectivity index (χ2v) is 9.33. The predicted molar refractivity (Wildman–Crippen MR) is 128 cm³/mol. The number of allylic oxidation sites excluding steroid dienone is 4. The molecule has 0 bridgehead atoms. The van der Waals surface area contributed by atoms with E-state index in [9.17, 15) is 4.79 Å². The maximum absolute atomic E-state index is 12.5. The van der Waals surface area contributed by atoms with Crippen molar-refractivity contribution < 1.29 is 18.7 Å². The minimum Gasteiger partial charge on any atom is -0.490 e. The molecular formula is C27H39NO4. The Morgan fingerprint density at radius 1 is 1.12 bits per heavy atom. The summed E-state index contributed by atoms with van der Waals surface area (Å²) in [5, 5.41) is 0. The molecule has 32 heavy (non-hydrogen) atoms. The highest BCUT2D eigenvalue weighted by Gasteiger charge is 2.25. The molecule has 1 amide bonds. The Balaban J connectivity index is 1.67. The normalized spacial score (nSPS) is 18.6. The molecule has 5 nitrogen and oxygen atoms in total. The summed E-state index contributed by atoms with van der Waals surface area (Å²) < 4.78 is 17.6. The van der Waals surface area contributed by atoms with E-state index in [1.165, 1.54) is 32.1 Å². The van der Waals surface area contributed by atoms with E-state index in [2.05, 4.69) is 6.58 Å². The number of nitrogens with zero attached hydrogens (tertiary/aromatic N) is 1. The Morgan fingerprint density at radius 2 is 1.78 bits per heavy atom. The number of furan rings is 1. The lowest BCUT2D eigenvalue weighted by molar-refractivity contribution is 0.0876. The Bertz CT molecular complexity index is 851. The Kier molecular flexibility index (Phi) is 8.66. The lowest BCUT2D eigenvalue weighted by Gasteiger charge is -2.24. The summed E-state index contributed by atoms with van der Waals surface area (Å²) >= 11 is 0. The monoisotopic (exact) mass is 441 g/mol. The second kappa shape index (κ2) is 11.4. The first kappa shape index (κ1) is 24.2. The lowest BCUT2D eigenvalue weighted by Crippen LogP contribution is -2.35. The van der Waals surface area contributed by atoms with Crippen LogP contribution in [0.3, 0.4) is 0 Å². The van der Waals surface area contributed by atoms with Gasteiger partial charge in [-0.15, -0.1) is 0 Å². The number of carbonyl (C=O) groups excluding carboxylic acids is 1. The van der Waals surface area contributed by atoms with E-state index in [-0.39, 0.29) is 18.8 Å². The first-order valence-electron chi connectivity index (χ1n) is 12.0. The van der Waals surface area contributed by atoms with Gasteiger partial charge in [0.2, 0.25) is 0 Å². The fourth-order valence-electron chi connectivity index (χ4n) is 4.60. The molecule has 0 spiro atoms. The van der Waals surface area contributed by atoms with Gasteiger partial charge in [-0.05, 0) is 76.5 Å². The third-order valence-electron chi connectivity index (χ3n) is 6.78. The van der Waals surface area contributed by atoms with Crippen molar-refractivity contribution in [2.24, 2.45) is 0 Å². The van der Waals surface area contributed by atoms with Gasteiger partial charge in [-0.25, -0.2) is 4.79 Å². The van der Waals surface area contributed by atoms with Crippen LogP contribution >= 0.6 is 0 Å². The van der Waals surface area contributed by atoms with Gasteiger partial charge in [-0.1, -0.05) is 31.9 Å². The van der Waals surface area contributed by atoms with Crippen LogP contribution in [0.15, 0.2) is 40.7 Å². The minimum atomic E-state index is -0.268. The highest BCUT2D eigenvalue weighted by atomic mass is 16.6. The van der Waals surface area contributed by atoms with E-state index in [4.69, 9.17) is 13.9 Å². The van der Waals surface area contributed by atoms with E-state index < -0.39 is 0 Å². The molecule has 2 aliphatic carbocycles. The van der Waals surface area contributed by atoms with E-state index in [0.29, 0.717) is 6.04 Å². The molecular weight excluding hydrogens is 402 g/mol. The van der Waals surface area contributed by atoms with Crippen LogP contribution in [0.2, 0.25) is 0 Å². The van der Waals surface area contributed by atoms with Crippen LogP contribution in [0.4, 0.5) is 4.79 Å². The molecule has 0 radical (unpaired) electrons. The number of aryl methyl sites for hydroxylation is 1. The van der Waals surface area contributed by atoms with Crippen LogP contribution in [0.25, 0.3) is 5.57 Å². The van der Waals surface area contributed by atoms with Crippen LogP contribution in [0.1, 0.15) is 88.5 Å². The zero-order chi connectivity index (χ0) is 23.1. The van der Waals surface area contributed by atoms with Crippen LogP contribution in [0, 0.1) is 6.92 Å². The zero-order valence-corrected chi connectivity index (χ0v) is 20.2. The van der Waals surface area contributed by atoms with Gasteiger partial charge in [-0.2, -0.15) is 0 Å². The molecule has 176 valence electrons. The fraction of sp³-hybridized carbons (Fsp3) is 0.593. The molecule has 0 N–H and O–H groups in total. The van der Waals surface area contributed by atoms with Crippen LogP contribution in [-0.2, 0) is 16.1 Å². The SMILES string of the molecule is C=C(C)/C(=C\C=C(/C)c1coc(C)c1COC(=O)N(C)C1CCCC1)OC1CCCCC1. The standard InChI is InChI=1S/C27H39NO4/c1-19(2)26(32-23-13-7-6-8-14-23)16-15-20(3)24-17-30-21(4)25(24)18-31-27(29)28(5)22-11-9-10-12-22/h15-17,22-23H,1,6-14,18H2,2-5H3/b20-15+,26-16+. The van der Waals surface area contributed by atoms with Crippen LogP contribution in [0.5, 0.6) is 0 Å². The highest BCUT2D eigenvalue weighted by molar-refractivity contribution is 5.70. The van der Waals surface area contributed by atoms with Crippen molar-refractivity contribution in [3.05, 3.63) is 53.2 Å². The lowest BCUT2D eigenvalue weighted by atomic mass is 9.97. The molecule has 2 aliphatic rings. The number of rotatable bonds is 8. The Hall–Kier alpha value is -2.43. The number of carbonyl (C=O) groups is 1. The third-order valence-corrected chi connectivity index (χ3v) is 6.78. The van der Waals surface area contributed by atoms with Crippen molar-refractivity contribution in [2.75, 3.05) is 7.05 Å². The Labute approximate surface area is 193 Å². The number of ether oxygens (including phenoxy) is 2. The number of hydrogen-bond donors (Lipinski definition) is 0. The van der Waals surface area contributed by atoms with Crippen molar-refractivity contribution in [1.82, 2.24) is 4.90 Å². The summed E-state index contributed by atoms with van der Waals surface area (Å²) in [6.45, 7) is 10.2. The first-order valence-corrected chi connectivity index (χ1v) is 12.0.